The van der Waals surface area contributed by atoms with Gasteiger partial charge in [0.05, 0.1) is 13.0 Å². The topological polar surface area (TPSA) is 39.4 Å². The van der Waals surface area contributed by atoms with E-state index in [1.54, 1.807) is 0 Å². The van der Waals surface area contributed by atoms with Gasteiger partial charge in [0.15, 0.2) is 11.3 Å². The van der Waals surface area contributed by atoms with E-state index in [-0.39, 0.29) is 5.92 Å². The number of benzene rings is 1. The largest absolute Gasteiger partial charge is 0.490 e. The van der Waals surface area contributed by atoms with Gasteiger partial charge in [0, 0.05) is 11.3 Å². The number of ether oxygens (including phenoxy) is 1. The summed E-state index contributed by atoms with van der Waals surface area (Å²) in [7, 11) is 0. The van der Waals surface area contributed by atoms with Gasteiger partial charge < -0.3 is 9.15 Å². The van der Waals surface area contributed by atoms with Crippen LogP contribution in [-0.4, -0.2) is 12.4 Å². The zero-order chi connectivity index (χ0) is 12.5. The number of furan rings is 1. The van der Waals surface area contributed by atoms with Crippen LogP contribution in [0, 0.1) is 5.92 Å². The number of carbonyl (C=O) groups excluding carboxylic acids is 1. The van der Waals surface area contributed by atoms with E-state index in [0.29, 0.717) is 18.8 Å². The van der Waals surface area contributed by atoms with Crippen LogP contribution in [-0.2, 0) is 11.2 Å². The Morgan fingerprint density at radius 3 is 3.00 bits per heavy atom. The van der Waals surface area contributed by atoms with Gasteiger partial charge in [-0.3, -0.25) is 4.79 Å². The van der Waals surface area contributed by atoms with Crippen LogP contribution >= 0.6 is 0 Å². The molecule has 3 nitrogen and oxygen atoms in total. The second kappa shape index (κ2) is 4.48. The molecule has 0 radical (unpaired) electrons. The minimum atomic E-state index is 0.282. The number of fused-ring (bicyclic) bond motifs is 1. The number of rotatable bonds is 5. The van der Waals surface area contributed by atoms with Crippen molar-refractivity contribution in [2.45, 2.75) is 26.2 Å². The van der Waals surface area contributed by atoms with Gasteiger partial charge in [0.1, 0.15) is 11.5 Å². The summed E-state index contributed by atoms with van der Waals surface area (Å²) in [5.41, 5.74) is 0.748. The van der Waals surface area contributed by atoms with Gasteiger partial charge in [-0.2, -0.15) is 0 Å². The third-order valence-corrected chi connectivity index (χ3v) is 3.24. The average molecular weight is 244 g/mol. The van der Waals surface area contributed by atoms with Gasteiger partial charge in [0.2, 0.25) is 0 Å². The van der Waals surface area contributed by atoms with Crippen LogP contribution < -0.4 is 4.74 Å². The first kappa shape index (κ1) is 11.3. The zero-order valence-corrected chi connectivity index (χ0v) is 10.4. The molecule has 2 aromatic rings. The first-order chi connectivity index (χ1) is 8.78. The van der Waals surface area contributed by atoms with E-state index >= 15 is 0 Å². The lowest BCUT2D eigenvalue weighted by Crippen LogP contribution is -2.03. The molecule has 0 unspecified atom stereocenters. The standard InChI is InChI=1S/C15H16O3/c1-2-17-14-5-3-4-11-8-12(18-15(11)14)9-13(16)10-6-7-10/h3-5,8,10H,2,6-7,9H2,1H3. The third-order valence-electron chi connectivity index (χ3n) is 3.24. The minimum Gasteiger partial charge on any atom is -0.490 e. The first-order valence-electron chi connectivity index (χ1n) is 6.45. The summed E-state index contributed by atoms with van der Waals surface area (Å²) in [6, 6.07) is 7.75. The second-order valence-corrected chi connectivity index (χ2v) is 4.74. The Hall–Kier alpha value is -1.77. The van der Waals surface area contributed by atoms with Gasteiger partial charge in [-0.15, -0.1) is 0 Å². The number of carbonyl (C=O) groups is 1. The molecule has 1 heterocycles. The van der Waals surface area contributed by atoms with Crippen LogP contribution in [0.1, 0.15) is 25.5 Å². The third kappa shape index (κ3) is 2.13. The summed E-state index contributed by atoms with van der Waals surface area (Å²) < 4.78 is 11.3. The summed E-state index contributed by atoms with van der Waals surface area (Å²) in [5, 5.41) is 1.000. The van der Waals surface area contributed by atoms with E-state index in [4.69, 9.17) is 9.15 Å². The van der Waals surface area contributed by atoms with Crippen molar-refractivity contribution in [1.29, 1.82) is 0 Å². The lowest BCUT2D eigenvalue weighted by molar-refractivity contribution is -0.119. The van der Waals surface area contributed by atoms with Crippen LogP contribution in [0.25, 0.3) is 11.0 Å². The summed E-state index contributed by atoms with van der Waals surface area (Å²) >= 11 is 0. The Labute approximate surface area is 106 Å². The number of para-hydroxylation sites is 1. The van der Waals surface area contributed by atoms with Crippen molar-refractivity contribution in [3.05, 3.63) is 30.0 Å². The van der Waals surface area contributed by atoms with E-state index in [0.717, 1.165) is 35.3 Å². The van der Waals surface area contributed by atoms with Crippen molar-refractivity contribution >= 4 is 16.8 Å². The van der Waals surface area contributed by atoms with Crippen LogP contribution in [0.4, 0.5) is 0 Å². The van der Waals surface area contributed by atoms with E-state index in [2.05, 4.69) is 0 Å². The molecule has 1 saturated carbocycles. The first-order valence-corrected chi connectivity index (χ1v) is 6.45. The van der Waals surface area contributed by atoms with Gasteiger partial charge in [-0.25, -0.2) is 0 Å². The van der Waals surface area contributed by atoms with E-state index < -0.39 is 0 Å². The summed E-state index contributed by atoms with van der Waals surface area (Å²) in [4.78, 5) is 11.8. The van der Waals surface area contributed by atoms with Crippen LogP contribution in [0.3, 0.4) is 0 Å². The lowest BCUT2D eigenvalue weighted by Gasteiger charge is -2.02. The second-order valence-electron chi connectivity index (χ2n) is 4.74. The maximum absolute atomic E-state index is 11.8. The maximum Gasteiger partial charge on any atom is 0.176 e. The SMILES string of the molecule is CCOc1cccc2cc(CC(=O)C3CC3)oc12. The predicted octanol–water partition coefficient (Wildman–Crippen LogP) is 3.35. The fourth-order valence-electron chi connectivity index (χ4n) is 2.17. The highest BCUT2D eigenvalue weighted by molar-refractivity contribution is 5.88. The van der Waals surface area contributed by atoms with E-state index in [1.165, 1.54) is 0 Å². The van der Waals surface area contributed by atoms with Crippen molar-refractivity contribution < 1.29 is 13.9 Å². The number of hydrogen-bond donors (Lipinski definition) is 0. The molecule has 1 aliphatic rings. The Morgan fingerprint density at radius 2 is 2.28 bits per heavy atom. The highest BCUT2D eigenvalue weighted by Crippen LogP contribution is 2.33. The molecule has 0 aliphatic heterocycles. The molecule has 1 aliphatic carbocycles. The molecule has 0 bridgehead atoms. The van der Waals surface area contributed by atoms with Crippen molar-refractivity contribution in [3.63, 3.8) is 0 Å². The molecule has 1 aromatic carbocycles. The van der Waals surface area contributed by atoms with Crippen LogP contribution in [0.15, 0.2) is 28.7 Å². The quantitative estimate of drug-likeness (QED) is 0.809. The van der Waals surface area contributed by atoms with Gasteiger partial charge >= 0.3 is 0 Å². The number of Topliss-reactive ketones (excluding diaryl/α,β-unsaturated/α-hetero) is 1. The summed E-state index contributed by atoms with van der Waals surface area (Å²) in [5.74, 6) is 2.07. The molecular formula is C15H16O3. The lowest BCUT2D eigenvalue weighted by atomic mass is 10.1. The van der Waals surface area contributed by atoms with Crippen molar-refractivity contribution in [2.24, 2.45) is 5.92 Å². The smallest absolute Gasteiger partial charge is 0.176 e. The fourth-order valence-corrected chi connectivity index (χ4v) is 2.17. The summed E-state index contributed by atoms with van der Waals surface area (Å²) in [6.07, 6.45) is 2.50. The van der Waals surface area contributed by atoms with Gasteiger partial charge in [0.25, 0.3) is 0 Å². The van der Waals surface area contributed by atoms with Crippen LogP contribution in [0.5, 0.6) is 5.75 Å². The maximum atomic E-state index is 11.8. The van der Waals surface area contributed by atoms with Crippen molar-refractivity contribution in [3.8, 4) is 5.75 Å². The molecule has 0 spiro atoms. The molecule has 0 atom stereocenters. The number of ketones is 1. The average Bonchev–Trinajstić information content (AvgIpc) is 3.11. The molecule has 0 N–H and O–H groups in total. The van der Waals surface area contributed by atoms with Gasteiger partial charge in [-0.05, 0) is 31.9 Å². The molecule has 3 rings (SSSR count). The number of hydrogen-bond acceptors (Lipinski definition) is 3. The molecule has 94 valence electrons. The molecule has 3 heteroatoms. The predicted molar refractivity (Wildman–Crippen MR) is 68.8 cm³/mol. The van der Waals surface area contributed by atoms with E-state index in [1.807, 2.05) is 31.2 Å². The highest BCUT2D eigenvalue weighted by Gasteiger charge is 2.30. The molecular weight excluding hydrogens is 228 g/mol. The Bertz CT molecular complexity index is 578. The summed E-state index contributed by atoms with van der Waals surface area (Å²) in [6.45, 7) is 2.55. The Balaban J connectivity index is 1.89. The molecule has 1 fully saturated rings. The monoisotopic (exact) mass is 244 g/mol. The van der Waals surface area contributed by atoms with E-state index in [9.17, 15) is 4.79 Å². The van der Waals surface area contributed by atoms with Crippen molar-refractivity contribution in [2.75, 3.05) is 6.61 Å². The Morgan fingerprint density at radius 1 is 1.44 bits per heavy atom. The van der Waals surface area contributed by atoms with Crippen molar-refractivity contribution in [1.82, 2.24) is 0 Å². The highest BCUT2D eigenvalue weighted by atomic mass is 16.5. The molecule has 0 saturated heterocycles. The zero-order valence-electron chi connectivity index (χ0n) is 10.4. The Kier molecular flexibility index (Phi) is 2.82. The molecule has 1 aromatic heterocycles. The fraction of sp³-hybridized carbons (Fsp3) is 0.400. The van der Waals surface area contributed by atoms with Crippen LogP contribution in [0.2, 0.25) is 0 Å². The molecule has 0 amide bonds. The molecule has 18 heavy (non-hydrogen) atoms. The normalized spacial score (nSPS) is 14.9. The van der Waals surface area contributed by atoms with Gasteiger partial charge in [-0.1, -0.05) is 12.1 Å². The minimum absolute atomic E-state index is 0.282.